The van der Waals surface area contributed by atoms with E-state index in [1.54, 1.807) is 36.4 Å². The molecule has 0 heterocycles. The highest BCUT2D eigenvalue weighted by molar-refractivity contribution is 6.09. The van der Waals surface area contributed by atoms with Crippen LogP contribution in [0.1, 0.15) is 12.5 Å². The number of rotatable bonds is 6. The largest absolute Gasteiger partial charge is 0.506 e. The van der Waals surface area contributed by atoms with Gasteiger partial charge in [0.15, 0.2) is 11.5 Å². The van der Waals surface area contributed by atoms with E-state index < -0.39 is 11.8 Å². The van der Waals surface area contributed by atoms with Crippen LogP contribution in [0.5, 0.6) is 17.2 Å². The lowest BCUT2D eigenvalue weighted by Crippen LogP contribution is -2.28. The molecule has 136 valence electrons. The SMILES string of the molecule is COc1ccc(/C=C(/NC(C)=O)C(=O)Nc2ccccc2O)cc1OC. The normalized spacial score (nSPS) is 10.8. The van der Waals surface area contributed by atoms with Gasteiger partial charge in [-0.3, -0.25) is 9.59 Å². The Kier molecular flexibility index (Phi) is 6.21. The molecule has 0 radical (unpaired) electrons. The minimum atomic E-state index is -0.573. The summed E-state index contributed by atoms with van der Waals surface area (Å²) in [6.07, 6.45) is 1.50. The molecule has 0 fully saturated rings. The first kappa shape index (κ1) is 18.9. The second-order valence-electron chi connectivity index (χ2n) is 5.32. The highest BCUT2D eigenvalue weighted by Gasteiger charge is 2.14. The van der Waals surface area contributed by atoms with Gasteiger partial charge in [-0.1, -0.05) is 18.2 Å². The summed E-state index contributed by atoms with van der Waals surface area (Å²) in [6.45, 7) is 1.30. The minimum Gasteiger partial charge on any atom is -0.506 e. The molecular weight excluding hydrogens is 336 g/mol. The number of carbonyl (C=O) groups is 2. The van der Waals surface area contributed by atoms with Gasteiger partial charge in [-0.25, -0.2) is 0 Å². The molecule has 2 rings (SSSR count). The number of ether oxygens (including phenoxy) is 2. The maximum atomic E-state index is 12.5. The van der Waals surface area contributed by atoms with Crippen molar-refractivity contribution in [2.75, 3.05) is 19.5 Å². The second-order valence-corrected chi connectivity index (χ2v) is 5.32. The average Bonchev–Trinajstić information content (AvgIpc) is 2.62. The lowest BCUT2D eigenvalue weighted by Gasteiger charge is -2.12. The molecule has 0 aliphatic heterocycles. The number of phenols is 1. The summed E-state index contributed by atoms with van der Waals surface area (Å²) in [5, 5.41) is 14.8. The summed E-state index contributed by atoms with van der Waals surface area (Å²) < 4.78 is 10.4. The van der Waals surface area contributed by atoms with Crippen molar-refractivity contribution in [2.24, 2.45) is 0 Å². The van der Waals surface area contributed by atoms with Crippen LogP contribution in [0.4, 0.5) is 5.69 Å². The van der Waals surface area contributed by atoms with E-state index in [0.29, 0.717) is 17.1 Å². The van der Waals surface area contributed by atoms with Crippen molar-refractivity contribution < 1.29 is 24.2 Å². The smallest absolute Gasteiger partial charge is 0.272 e. The van der Waals surface area contributed by atoms with E-state index in [2.05, 4.69) is 10.6 Å². The summed E-state index contributed by atoms with van der Waals surface area (Å²) in [7, 11) is 3.03. The molecule has 0 unspecified atom stereocenters. The molecule has 2 amide bonds. The highest BCUT2D eigenvalue weighted by atomic mass is 16.5. The lowest BCUT2D eigenvalue weighted by molar-refractivity contribution is -0.120. The number of benzene rings is 2. The Morgan fingerprint density at radius 3 is 2.35 bits per heavy atom. The van der Waals surface area contributed by atoms with Gasteiger partial charge in [0.25, 0.3) is 5.91 Å². The van der Waals surface area contributed by atoms with E-state index in [1.165, 1.54) is 33.3 Å². The third kappa shape index (κ3) is 4.76. The zero-order valence-electron chi connectivity index (χ0n) is 14.7. The maximum absolute atomic E-state index is 12.5. The van der Waals surface area contributed by atoms with E-state index in [1.807, 2.05) is 0 Å². The third-order valence-electron chi connectivity index (χ3n) is 3.43. The van der Waals surface area contributed by atoms with Crippen LogP contribution in [0.2, 0.25) is 0 Å². The predicted molar refractivity (Wildman–Crippen MR) is 98.1 cm³/mol. The average molecular weight is 356 g/mol. The Morgan fingerprint density at radius 2 is 1.73 bits per heavy atom. The molecule has 3 N–H and O–H groups in total. The van der Waals surface area contributed by atoms with Gasteiger partial charge in [0.05, 0.1) is 19.9 Å². The molecule has 0 aliphatic rings. The first-order chi connectivity index (χ1) is 12.4. The number of aromatic hydroxyl groups is 1. The Hall–Kier alpha value is -3.48. The van der Waals surface area contributed by atoms with Gasteiger partial charge in [0.1, 0.15) is 11.4 Å². The molecule has 7 nitrogen and oxygen atoms in total. The number of phenolic OH excluding ortho intramolecular Hbond substituents is 1. The molecule has 0 saturated carbocycles. The van der Waals surface area contributed by atoms with Crippen LogP contribution in [-0.2, 0) is 9.59 Å². The summed E-state index contributed by atoms with van der Waals surface area (Å²) in [6, 6.07) is 11.4. The molecule has 0 bridgehead atoms. The molecule has 0 saturated heterocycles. The van der Waals surface area contributed by atoms with Gasteiger partial charge in [-0.15, -0.1) is 0 Å². The van der Waals surface area contributed by atoms with E-state index in [4.69, 9.17) is 9.47 Å². The summed E-state index contributed by atoms with van der Waals surface area (Å²) in [5.41, 5.74) is 0.882. The van der Waals surface area contributed by atoms with E-state index in [0.717, 1.165) is 0 Å². The van der Waals surface area contributed by atoms with E-state index in [-0.39, 0.29) is 17.1 Å². The van der Waals surface area contributed by atoms with E-state index >= 15 is 0 Å². The van der Waals surface area contributed by atoms with Crippen LogP contribution in [0.25, 0.3) is 6.08 Å². The van der Waals surface area contributed by atoms with Crippen molar-refractivity contribution in [3.05, 3.63) is 53.7 Å². The monoisotopic (exact) mass is 356 g/mol. The quantitative estimate of drug-likeness (QED) is 0.546. The Bertz CT molecular complexity index is 846. The molecule has 0 aliphatic carbocycles. The van der Waals surface area contributed by atoms with Gasteiger partial charge < -0.3 is 25.2 Å². The Labute approximate surface area is 151 Å². The molecule has 7 heteroatoms. The van der Waals surface area contributed by atoms with Crippen LogP contribution in [0.3, 0.4) is 0 Å². The number of hydrogen-bond acceptors (Lipinski definition) is 5. The number of carbonyl (C=O) groups excluding carboxylic acids is 2. The van der Waals surface area contributed by atoms with Crippen molar-refractivity contribution in [3.8, 4) is 17.2 Å². The van der Waals surface area contributed by atoms with Crippen LogP contribution in [-0.4, -0.2) is 31.1 Å². The fraction of sp³-hybridized carbons (Fsp3) is 0.158. The summed E-state index contributed by atoms with van der Waals surface area (Å²) in [4.78, 5) is 24.0. The standard InChI is InChI=1S/C19H20N2O5/c1-12(22)20-15(19(24)21-14-6-4-5-7-16(14)23)10-13-8-9-17(25-2)18(11-13)26-3/h4-11,23H,1-3H3,(H,20,22)(H,21,24)/b15-10+. The van der Waals surface area contributed by atoms with Gasteiger partial charge in [-0.05, 0) is 35.9 Å². The van der Waals surface area contributed by atoms with Gasteiger partial charge in [-0.2, -0.15) is 0 Å². The van der Waals surface area contributed by atoms with Gasteiger partial charge in [0, 0.05) is 6.92 Å². The molecule has 26 heavy (non-hydrogen) atoms. The molecule has 0 spiro atoms. The number of amides is 2. The Balaban J connectivity index is 2.34. The Morgan fingerprint density at radius 1 is 1.04 bits per heavy atom. The van der Waals surface area contributed by atoms with Crippen molar-refractivity contribution in [1.29, 1.82) is 0 Å². The topological polar surface area (TPSA) is 96.9 Å². The maximum Gasteiger partial charge on any atom is 0.272 e. The van der Waals surface area contributed by atoms with Crippen LogP contribution in [0.15, 0.2) is 48.2 Å². The minimum absolute atomic E-state index is 0.0213. The summed E-state index contributed by atoms with van der Waals surface area (Å²) >= 11 is 0. The fourth-order valence-electron chi connectivity index (χ4n) is 2.23. The second kappa shape index (κ2) is 8.57. The zero-order chi connectivity index (χ0) is 19.1. The van der Waals surface area contributed by atoms with Crippen molar-refractivity contribution in [2.45, 2.75) is 6.92 Å². The zero-order valence-corrected chi connectivity index (χ0v) is 14.7. The number of methoxy groups -OCH3 is 2. The molecule has 2 aromatic carbocycles. The van der Waals surface area contributed by atoms with Crippen LogP contribution < -0.4 is 20.1 Å². The van der Waals surface area contributed by atoms with Gasteiger partial charge in [0.2, 0.25) is 5.91 Å². The fourth-order valence-corrected chi connectivity index (χ4v) is 2.23. The first-order valence-corrected chi connectivity index (χ1v) is 7.75. The number of nitrogens with one attached hydrogen (secondary N) is 2. The van der Waals surface area contributed by atoms with Crippen molar-refractivity contribution in [1.82, 2.24) is 5.32 Å². The van der Waals surface area contributed by atoms with Crippen molar-refractivity contribution >= 4 is 23.6 Å². The van der Waals surface area contributed by atoms with Crippen LogP contribution in [0, 0.1) is 0 Å². The third-order valence-corrected chi connectivity index (χ3v) is 3.43. The highest BCUT2D eigenvalue weighted by Crippen LogP contribution is 2.28. The number of anilines is 1. The first-order valence-electron chi connectivity index (χ1n) is 7.75. The summed E-state index contributed by atoms with van der Waals surface area (Å²) in [5.74, 6) is -0.0105. The molecule has 0 atom stereocenters. The molecule has 2 aromatic rings. The molecular formula is C19H20N2O5. The molecule has 0 aromatic heterocycles. The van der Waals surface area contributed by atoms with Crippen LogP contribution >= 0.6 is 0 Å². The van der Waals surface area contributed by atoms with Gasteiger partial charge >= 0.3 is 0 Å². The predicted octanol–water partition coefficient (Wildman–Crippen LogP) is 2.53. The van der Waals surface area contributed by atoms with Crippen molar-refractivity contribution in [3.63, 3.8) is 0 Å². The van der Waals surface area contributed by atoms with E-state index in [9.17, 15) is 14.7 Å². The number of hydrogen-bond donors (Lipinski definition) is 3. The lowest BCUT2D eigenvalue weighted by atomic mass is 10.1. The number of para-hydroxylation sites is 2.